The van der Waals surface area contributed by atoms with Gasteiger partial charge in [0, 0.05) is 60.6 Å². The Morgan fingerprint density at radius 1 is 1.14 bits per heavy atom. The summed E-state index contributed by atoms with van der Waals surface area (Å²) in [6.45, 7) is 9.33. The van der Waals surface area contributed by atoms with Crippen LogP contribution in [0.5, 0.6) is 5.75 Å². The summed E-state index contributed by atoms with van der Waals surface area (Å²) in [7, 11) is 0. The molecule has 0 saturated carbocycles. The van der Waals surface area contributed by atoms with E-state index in [9.17, 15) is 0 Å². The molecule has 0 aliphatic carbocycles. The smallest absolute Gasteiger partial charge is 0.138 e. The van der Waals surface area contributed by atoms with E-state index in [1.54, 1.807) is 18.6 Å². The molecule has 1 fully saturated rings. The van der Waals surface area contributed by atoms with E-state index in [2.05, 4.69) is 44.6 Å². The number of ether oxygens (including phenoxy) is 2. The molecule has 0 bridgehead atoms. The molecule has 178 valence electrons. The molecule has 3 N–H and O–H groups in total. The van der Waals surface area contributed by atoms with Gasteiger partial charge in [-0.15, -0.1) is 0 Å². The van der Waals surface area contributed by atoms with Crippen molar-refractivity contribution in [3.8, 4) is 16.9 Å². The van der Waals surface area contributed by atoms with Crippen LogP contribution in [0, 0.1) is 0 Å². The normalized spacial score (nSPS) is 15.5. The number of nitrogens with zero attached hydrogens (tertiary/aromatic N) is 3. The average molecular weight is 468 g/mol. The Morgan fingerprint density at radius 2 is 1.97 bits per heavy atom. The van der Waals surface area contributed by atoms with E-state index in [1.165, 1.54) is 0 Å². The summed E-state index contributed by atoms with van der Waals surface area (Å²) in [6.07, 6.45) is 9.00. The lowest BCUT2D eigenvalue weighted by molar-refractivity contribution is 0.0322. The summed E-state index contributed by atoms with van der Waals surface area (Å²) < 4.78 is 11.3. The highest BCUT2D eigenvalue weighted by atomic mass is 16.5. The van der Waals surface area contributed by atoms with Gasteiger partial charge in [0.05, 0.1) is 18.6 Å². The van der Waals surface area contributed by atoms with Crippen LogP contribution in [-0.2, 0) is 4.74 Å². The molecular weight excluding hydrogens is 438 g/mol. The summed E-state index contributed by atoms with van der Waals surface area (Å²) in [5.41, 5.74) is 10.6. The first-order valence-electron chi connectivity index (χ1n) is 11.8. The number of fused-ring (bicyclic) bond motifs is 1. The monoisotopic (exact) mass is 467 g/mol. The number of nitrogens with two attached hydrogens (primary N) is 1. The zero-order valence-corrected chi connectivity index (χ0v) is 19.6. The Bertz CT molecular complexity index is 1420. The van der Waals surface area contributed by atoms with E-state index in [0.717, 1.165) is 82.5 Å². The van der Waals surface area contributed by atoms with Gasteiger partial charge < -0.3 is 20.2 Å². The number of benzene rings is 1. The van der Waals surface area contributed by atoms with Gasteiger partial charge in [-0.3, -0.25) is 9.88 Å². The lowest BCUT2D eigenvalue weighted by Crippen LogP contribution is -2.38. The molecule has 4 aromatic rings. The minimum atomic E-state index is 0.661. The lowest BCUT2D eigenvalue weighted by Gasteiger charge is -2.26. The zero-order valence-electron chi connectivity index (χ0n) is 19.6. The second-order valence-electron chi connectivity index (χ2n) is 8.48. The number of aromatic amines is 1. The first-order valence-corrected chi connectivity index (χ1v) is 11.8. The van der Waals surface area contributed by atoms with Crippen molar-refractivity contribution in [2.45, 2.75) is 0 Å². The summed E-state index contributed by atoms with van der Waals surface area (Å²) >= 11 is 0. The quantitative estimate of drug-likeness (QED) is 0.434. The summed E-state index contributed by atoms with van der Waals surface area (Å²) in [5.74, 6) is 0.861. The maximum Gasteiger partial charge on any atom is 0.138 e. The van der Waals surface area contributed by atoms with Crippen LogP contribution in [0.2, 0.25) is 0 Å². The number of nitrogens with one attached hydrogen (secondary N) is 1. The molecule has 1 aromatic carbocycles. The molecule has 3 aromatic heterocycles. The molecule has 1 aliphatic heterocycles. The first kappa shape index (κ1) is 22.8. The van der Waals surface area contributed by atoms with Crippen molar-refractivity contribution in [2.75, 3.05) is 39.5 Å². The van der Waals surface area contributed by atoms with Gasteiger partial charge in [-0.25, -0.2) is 4.98 Å². The van der Waals surface area contributed by atoms with Gasteiger partial charge >= 0.3 is 0 Å². The number of H-pyrrole nitrogens is 1. The maximum absolute atomic E-state index is 5.95. The number of pyridine rings is 2. The van der Waals surface area contributed by atoms with Gasteiger partial charge in [0.25, 0.3) is 0 Å². The number of allylic oxidation sites excluding steroid dienone is 1. The molecular formula is C28H29N5O2. The summed E-state index contributed by atoms with van der Waals surface area (Å²) in [6, 6.07) is 14.2. The number of hydrogen-bond acceptors (Lipinski definition) is 6. The molecule has 0 amide bonds. The third kappa shape index (κ3) is 5.26. The van der Waals surface area contributed by atoms with Gasteiger partial charge in [0.15, 0.2) is 0 Å². The molecule has 1 saturated heterocycles. The van der Waals surface area contributed by atoms with E-state index in [-0.39, 0.29) is 0 Å². The molecule has 7 heteroatoms. The Labute approximate surface area is 204 Å². The van der Waals surface area contributed by atoms with Crippen molar-refractivity contribution < 1.29 is 9.47 Å². The first-order chi connectivity index (χ1) is 17.2. The lowest BCUT2D eigenvalue weighted by atomic mass is 10.0. The highest BCUT2D eigenvalue weighted by Crippen LogP contribution is 2.23. The van der Waals surface area contributed by atoms with Crippen LogP contribution < -0.4 is 21.0 Å². The minimum absolute atomic E-state index is 0.661. The number of aromatic nitrogens is 3. The van der Waals surface area contributed by atoms with Crippen LogP contribution in [0.25, 0.3) is 40.0 Å². The van der Waals surface area contributed by atoms with E-state index in [0.29, 0.717) is 6.61 Å². The summed E-state index contributed by atoms with van der Waals surface area (Å²) in [5, 5.41) is 2.74. The Kier molecular flexibility index (Phi) is 6.88. The second kappa shape index (κ2) is 10.5. The highest BCUT2D eigenvalue weighted by molar-refractivity contribution is 5.92. The molecule has 0 spiro atoms. The maximum atomic E-state index is 5.95. The number of morpholine rings is 1. The third-order valence-corrected chi connectivity index (χ3v) is 6.21. The van der Waals surface area contributed by atoms with Crippen molar-refractivity contribution >= 4 is 28.9 Å². The Morgan fingerprint density at radius 3 is 2.71 bits per heavy atom. The van der Waals surface area contributed by atoms with E-state index >= 15 is 0 Å². The highest BCUT2D eigenvalue weighted by Gasteiger charge is 2.10. The van der Waals surface area contributed by atoms with Gasteiger partial charge in [-0.2, -0.15) is 0 Å². The van der Waals surface area contributed by atoms with Gasteiger partial charge in [0.2, 0.25) is 0 Å². The van der Waals surface area contributed by atoms with Crippen LogP contribution in [0.3, 0.4) is 0 Å². The fourth-order valence-corrected chi connectivity index (χ4v) is 4.23. The predicted molar refractivity (Wildman–Crippen MR) is 140 cm³/mol. The van der Waals surface area contributed by atoms with Crippen LogP contribution in [0.4, 0.5) is 0 Å². The van der Waals surface area contributed by atoms with Crippen LogP contribution in [-0.4, -0.2) is 59.3 Å². The Hall–Kier alpha value is -3.94. The topological polar surface area (TPSA) is 89.3 Å². The third-order valence-electron chi connectivity index (χ3n) is 6.21. The fourth-order valence-electron chi connectivity index (χ4n) is 4.23. The zero-order chi connectivity index (χ0) is 24.0. The van der Waals surface area contributed by atoms with Crippen molar-refractivity contribution in [1.82, 2.24) is 19.9 Å². The van der Waals surface area contributed by atoms with Crippen molar-refractivity contribution in [3.05, 3.63) is 83.8 Å². The molecule has 5 rings (SSSR count). The molecule has 0 radical (unpaired) electrons. The van der Waals surface area contributed by atoms with Crippen LogP contribution >= 0.6 is 0 Å². The van der Waals surface area contributed by atoms with Crippen molar-refractivity contribution in [3.63, 3.8) is 0 Å². The average Bonchev–Trinajstić information content (AvgIpc) is 3.27. The summed E-state index contributed by atoms with van der Waals surface area (Å²) in [4.78, 5) is 14.5. The predicted octanol–water partition coefficient (Wildman–Crippen LogP) is 2.53. The van der Waals surface area contributed by atoms with E-state index in [4.69, 9.17) is 15.2 Å². The molecule has 0 unspecified atom stereocenters. The van der Waals surface area contributed by atoms with Crippen molar-refractivity contribution in [2.24, 2.45) is 5.73 Å². The van der Waals surface area contributed by atoms with Gasteiger partial charge in [0.1, 0.15) is 18.0 Å². The van der Waals surface area contributed by atoms with E-state index in [1.807, 2.05) is 36.5 Å². The van der Waals surface area contributed by atoms with Gasteiger partial charge in [-0.1, -0.05) is 24.8 Å². The SMILES string of the molecule is C=C(/C=c1\c(=C/N)[nH]c2ncc(-c3ccc(OCCN4CCOCC4)cc3)cc12)c1cccnc1. The van der Waals surface area contributed by atoms with Crippen LogP contribution in [0.15, 0.2) is 67.6 Å². The minimum Gasteiger partial charge on any atom is -0.492 e. The van der Waals surface area contributed by atoms with Gasteiger partial charge in [-0.05, 0) is 47.0 Å². The Balaban J connectivity index is 1.37. The second-order valence-corrected chi connectivity index (χ2v) is 8.48. The standard InChI is InChI=1S/C28H29N5O2/c1-20(22-3-2-8-30-18-22)15-25-26-16-23(19-31-28(26)32-27(25)17-29)21-4-6-24(7-5-21)35-14-11-33-9-12-34-13-10-33/h2-8,15-19H,1,9-14,29H2,(H,31,32)/b25-15-,27-17+. The molecule has 0 atom stereocenters. The molecule has 35 heavy (non-hydrogen) atoms. The van der Waals surface area contributed by atoms with Crippen LogP contribution in [0.1, 0.15) is 5.56 Å². The fraction of sp³-hybridized carbons (Fsp3) is 0.214. The molecule has 7 nitrogen and oxygen atoms in total. The molecule has 1 aliphatic rings. The number of rotatable bonds is 7. The largest absolute Gasteiger partial charge is 0.492 e. The van der Waals surface area contributed by atoms with Crippen molar-refractivity contribution in [1.29, 1.82) is 0 Å². The number of hydrogen-bond donors (Lipinski definition) is 2. The van der Waals surface area contributed by atoms with E-state index < -0.39 is 0 Å². The molecule has 4 heterocycles.